The number of likely N-dealkylation sites (tertiary alicyclic amines) is 1. The maximum absolute atomic E-state index is 12.8. The zero-order valence-corrected chi connectivity index (χ0v) is 17.3. The number of piperazine rings is 1. The SMILES string of the molecule is O=C(NCCN1CCCCC1)c1cccnc1N1CCN(C(=O)c2ccco2)CC1. The molecule has 2 aliphatic heterocycles. The second kappa shape index (κ2) is 9.75. The van der Waals surface area contributed by atoms with Crippen molar-refractivity contribution in [2.45, 2.75) is 19.3 Å². The van der Waals surface area contributed by atoms with E-state index in [0.717, 1.165) is 19.6 Å². The Hall–Kier alpha value is -2.87. The van der Waals surface area contributed by atoms with Gasteiger partial charge in [0.25, 0.3) is 11.8 Å². The lowest BCUT2D eigenvalue weighted by molar-refractivity contribution is 0.0713. The molecule has 0 atom stereocenters. The number of pyridine rings is 1. The second-order valence-electron chi connectivity index (χ2n) is 7.79. The van der Waals surface area contributed by atoms with Crippen LogP contribution in [-0.2, 0) is 0 Å². The number of rotatable bonds is 6. The number of carbonyl (C=O) groups excluding carboxylic acids is 2. The highest BCUT2D eigenvalue weighted by Crippen LogP contribution is 2.20. The third-order valence-corrected chi connectivity index (χ3v) is 5.79. The Morgan fingerprint density at radius 1 is 1.00 bits per heavy atom. The molecule has 0 aromatic carbocycles. The van der Waals surface area contributed by atoms with Crippen LogP contribution in [0.1, 0.15) is 40.2 Å². The molecule has 4 rings (SSSR count). The zero-order chi connectivity index (χ0) is 20.8. The summed E-state index contributed by atoms with van der Waals surface area (Å²) < 4.78 is 5.22. The summed E-state index contributed by atoms with van der Waals surface area (Å²) in [6.07, 6.45) is 7.01. The first-order valence-electron chi connectivity index (χ1n) is 10.8. The number of aromatic nitrogens is 1. The van der Waals surface area contributed by atoms with Crippen LogP contribution in [0.3, 0.4) is 0 Å². The second-order valence-corrected chi connectivity index (χ2v) is 7.79. The summed E-state index contributed by atoms with van der Waals surface area (Å²) in [5.41, 5.74) is 0.585. The number of piperidine rings is 1. The Kier molecular flexibility index (Phi) is 6.63. The van der Waals surface area contributed by atoms with Gasteiger partial charge in [-0.1, -0.05) is 6.42 Å². The van der Waals surface area contributed by atoms with E-state index in [-0.39, 0.29) is 11.8 Å². The molecule has 2 aromatic rings. The lowest BCUT2D eigenvalue weighted by atomic mass is 10.1. The number of hydrogen-bond donors (Lipinski definition) is 1. The number of amides is 2. The van der Waals surface area contributed by atoms with Crippen molar-refractivity contribution in [1.29, 1.82) is 0 Å². The number of hydrogen-bond acceptors (Lipinski definition) is 6. The van der Waals surface area contributed by atoms with Crippen LogP contribution in [0.25, 0.3) is 0 Å². The van der Waals surface area contributed by atoms with Gasteiger partial charge in [0.05, 0.1) is 11.8 Å². The van der Waals surface area contributed by atoms with Gasteiger partial charge < -0.3 is 24.4 Å². The molecule has 4 heterocycles. The van der Waals surface area contributed by atoms with Crippen molar-refractivity contribution in [1.82, 2.24) is 20.1 Å². The minimum Gasteiger partial charge on any atom is -0.459 e. The van der Waals surface area contributed by atoms with Gasteiger partial charge >= 0.3 is 0 Å². The molecule has 0 spiro atoms. The normalized spacial score (nSPS) is 17.7. The summed E-state index contributed by atoms with van der Waals surface area (Å²) in [5.74, 6) is 0.841. The summed E-state index contributed by atoms with van der Waals surface area (Å²) in [4.78, 5) is 36.0. The van der Waals surface area contributed by atoms with Gasteiger partial charge in [0.2, 0.25) is 0 Å². The van der Waals surface area contributed by atoms with Gasteiger partial charge in [-0.15, -0.1) is 0 Å². The van der Waals surface area contributed by atoms with Crippen molar-refractivity contribution in [3.63, 3.8) is 0 Å². The number of anilines is 1. The fourth-order valence-electron chi connectivity index (χ4n) is 4.11. The predicted molar refractivity (Wildman–Crippen MR) is 114 cm³/mol. The Morgan fingerprint density at radius 3 is 2.53 bits per heavy atom. The molecule has 160 valence electrons. The van der Waals surface area contributed by atoms with Crippen LogP contribution in [0.5, 0.6) is 0 Å². The Balaban J connectivity index is 1.32. The van der Waals surface area contributed by atoms with E-state index >= 15 is 0 Å². The predicted octanol–water partition coefficient (Wildman–Crippen LogP) is 1.85. The Bertz CT molecular complexity index is 840. The minimum absolute atomic E-state index is 0.0933. The van der Waals surface area contributed by atoms with Crippen molar-refractivity contribution in [2.75, 3.05) is 57.3 Å². The average Bonchev–Trinajstić information content (AvgIpc) is 3.34. The van der Waals surface area contributed by atoms with Gasteiger partial charge in [-0.25, -0.2) is 4.98 Å². The van der Waals surface area contributed by atoms with Crippen molar-refractivity contribution in [2.24, 2.45) is 0 Å². The first kappa shape index (κ1) is 20.4. The van der Waals surface area contributed by atoms with Gasteiger partial charge in [-0.3, -0.25) is 9.59 Å². The van der Waals surface area contributed by atoms with Gasteiger partial charge in [-0.05, 0) is 50.2 Å². The van der Waals surface area contributed by atoms with E-state index in [1.54, 1.807) is 29.3 Å². The van der Waals surface area contributed by atoms with E-state index in [1.165, 1.54) is 25.5 Å². The van der Waals surface area contributed by atoms with E-state index in [1.807, 2.05) is 6.07 Å². The van der Waals surface area contributed by atoms with Crippen LogP contribution in [0, 0.1) is 0 Å². The molecule has 2 saturated heterocycles. The molecule has 0 saturated carbocycles. The Morgan fingerprint density at radius 2 is 1.80 bits per heavy atom. The van der Waals surface area contributed by atoms with Crippen LogP contribution in [0.2, 0.25) is 0 Å². The molecule has 8 heteroatoms. The maximum atomic E-state index is 12.8. The molecule has 2 aliphatic rings. The quantitative estimate of drug-likeness (QED) is 0.781. The van der Waals surface area contributed by atoms with E-state index < -0.39 is 0 Å². The van der Waals surface area contributed by atoms with E-state index in [9.17, 15) is 9.59 Å². The van der Waals surface area contributed by atoms with Crippen LogP contribution < -0.4 is 10.2 Å². The lowest BCUT2D eigenvalue weighted by Crippen LogP contribution is -2.49. The van der Waals surface area contributed by atoms with Crippen LogP contribution in [-0.4, -0.2) is 79.0 Å². The number of furan rings is 1. The fraction of sp³-hybridized carbons (Fsp3) is 0.500. The summed E-state index contributed by atoms with van der Waals surface area (Å²) >= 11 is 0. The minimum atomic E-state index is -0.101. The summed E-state index contributed by atoms with van der Waals surface area (Å²) in [7, 11) is 0. The first-order chi connectivity index (χ1) is 14.7. The topological polar surface area (TPSA) is 81.9 Å². The van der Waals surface area contributed by atoms with Crippen LogP contribution in [0.4, 0.5) is 5.82 Å². The van der Waals surface area contributed by atoms with Crippen molar-refractivity contribution in [3.05, 3.63) is 48.0 Å². The number of carbonyl (C=O) groups is 2. The van der Waals surface area contributed by atoms with E-state index in [0.29, 0.717) is 49.9 Å². The van der Waals surface area contributed by atoms with Gasteiger partial charge in [-0.2, -0.15) is 0 Å². The molecule has 30 heavy (non-hydrogen) atoms. The molecule has 1 N–H and O–H groups in total. The molecule has 0 radical (unpaired) electrons. The standard InChI is InChI=1S/C22H29N5O3/c28-21(24-9-12-25-10-2-1-3-11-25)18-6-4-8-23-20(18)26-13-15-27(16-14-26)22(29)19-7-5-17-30-19/h4-8,17H,1-3,9-16H2,(H,24,28). The largest absolute Gasteiger partial charge is 0.459 e. The zero-order valence-electron chi connectivity index (χ0n) is 17.3. The van der Waals surface area contributed by atoms with Gasteiger partial charge in [0.15, 0.2) is 5.76 Å². The highest BCUT2D eigenvalue weighted by Gasteiger charge is 2.26. The van der Waals surface area contributed by atoms with Crippen LogP contribution in [0.15, 0.2) is 41.1 Å². The van der Waals surface area contributed by atoms with Gasteiger partial charge in [0.1, 0.15) is 5.82 Å². The molecule has 2 amide bonds. The lowest BCUT2D eigenvalue weighted by Gasteiger charge is -2.35. The molecule has 2 aromatic heterocycles. The molecular weight excluding hydrogens is 382 g/mol. The van der Waals surface area contributed by atoms with Crippen molar-refractivity contribution < 1.29 is 14.0 Å². The highest BCUT2D eigenvalue weighted by molar-refractivity contribution is 5.99. The third-order valence-electron chi connectivity index (χ3n) is 5.79. The number of nitrogens with one attached hydrogen (secondary N) is 1. The fourth-order valence-corrected chi connectivity index (χ4v) is 4.11. The molecule has 8 nitrogen and oxygen atoms in total. The number of nitrogens with zero attached hydrogens (tertiary/aromatic N) is 4. The summed E-state index contributed by atoms with van der Waals surface area (Å²) in [5, 5.41) is 3.05. The summed E-state index contributed by atoms with van der Waals surface area (Å²) in [6, 6.07) is 7.01. The van der Waals surface area contributed by atoms with Gasteiger partial charge in [0, 0.05) is 45.5 Å². The van der Waals surface area contributed by atoms with E-state index in [2.05, 4.69) is 20.1 Å². The smallest absolute Gasteiger partial charge is 0.289 e. The third kappa shape index (κ3) is 4.81. The maximum Gasteiger partial charge on any atom is 0.289 e. The molecule has 2 fully saturated rings. The molecule has 0 aliphatic carbocycles. The molecular formula is C22H29N5O3. The van der Waals surface area contributed by atoms with Crippen LogP contribution >= 0.6 is 0 Å². The van der Waals surface area contributed by atoms with Crippen molar-refractivity contribution in [3.8, 4) is 0 Å². The highest BCUT2D eigenvalue weighted by atomic mass is 16.3. The average molecular weight is 412 g/mol. The molecule has 0 bridgehead atoms. The van der Waals surface area contributed by atoms with E-state index in [4.69, 9.17) is 4.42 Å². The summed E-state index contributed by atoms with van der Waals surface area (Å²) in [6.45, 7) is 6.13. The molecule has 0 unspecified atom stereocenters. The van der Waals surface area contributed by atoms with Crippen molar-refractivity contribution >= 4 is 17.6 Å². The first-order valence-corrected chi connectivity index (χ1v) is 10.8. The Labute approximate surface area is 176 Å². The monoisotopic (exact) mass is 411 g/mol.